The van der Waals surface area contributed by atoms with Gasteiger partial charge in [-0.25, -0.2) is 18.2 Å². The number of carboxylic acids is 1. The summed E-state index contributed by atoms with van der Waals surface area (Å²) in [5.41, 5.74) is 0.0220. The van der Waals surface area contributed by atoms with E-state index in [-0.39, 0.29) is 22.1 Å². The fourth-order valence-corrected chi connectivity index (χ4v) is 2.32. The third kappa shape index (κ3) is 3.12. The van der Waals surface area contributed by atoms with Crippen LogP contribution < -0.4 is 4.74 Å². The van der Waals surface area contributed by atoms with E-state index in [0.717, 1.165) is 12.5 Å². The molecular weight excluding hydrogens is 282 g/mol. The highest BCUT2D eigenvalue weighted by Crippen LogP contribution is 2.27. The number of para-hydroxylation sites is 1. The van der Waals surface area contributed by atoms with Gasteiger partial charge in [-0.05, 0) is 18.2 Å². The second-order valence-electron chi connectivity index (χ2n) is 4.01. The van der Waals surface area contributed by atoms with Crippen molar-refractivity contribution >= 4 is 15.8 Å². The van der Waals surface area contributed by atoms with Crippen molar-refractivity contribution < 1.29 is 23.1 Å². The van der Waals surface area contributed by atoms with Crippen LogP contribution in [0.15, 0.2) is 47.5 Å². The van der Waals surface area contributed by atoms with Gasteiger partial charge in [0.2, 0.25) is 5.88 Å². The molecule has 0 fully saturated rings. The molecule has 0 spiro atoms. The molecule has 2 aromatic rings. The molecule has 0 bridgehead atoms. The maximum Gasteiger partial charge on any atom is 0.337 e. The predicted molar refractivity (Wildman–Crippen MR) is 70.8 cm³/mol. The van der Waals surface area contributed by atoms with Gasteiger partial charge in [-0.1, -0.05) is 12.1 Å². The number of aromatic nitrogens is 1. The van der Waals surface area contributed by atoms with E-state index in [1.165, 1.54) is 24.3 Å². The number of aromatic carboxylic acids is 1. The number of ether oxygens (including phenoxy) is 1. The van der Waals surface area contributed by atoms with Crippen molar-refractivity contribution in [3.8, 4) is 11.6 Å². The van der Waals surface area contributed by atoms with Crippen LogP contribution in [0.25, 0.3) is 0 Å². The van der Waals surface area contributed by atoms with Gasteiger partial charge >= 0.3 is 5.97 Å². The van der Waals surface area contributed by atoms with Crippen molar-refractivity contribution in [2.45, 2.75) is 4.90 Å². The Kier molecular flexibility index (Phi) is 3.71. The molecule has 7 heteroatoms. The third-order valence-corrected chi connectivity index (χ3v) is 3.58. The number of pyridine rings is 1. The number of hydrogen-bond acceptors (Lipinski definition) is 5. The summed E-state index contributed by atoms with van der Waals surface area (Å²) in [6, 6.07) is 8.84. The molecule has 1 aromatic carbocycles. The molecule has 0 amide bonds. The Bertz CT molecular complexity index is 738. The molecular formula is C13H11NO5S. The van der Waals surface area contributed by atoms with E-state index in [9.17, 15) is 13.2 Å². The zero-order chi connectivity index (χ0) is 14.8. The first-order valence-electron chi connectivity index (χ1n) is 5.54. The molecule has 0 aliphatic carbocycles. The topological polar surface area (TPSA) is 93.6 Å². The van der Waals surface area contributed by atoms with E-state index >= 15 is 0 Å². The zero-order valence-electron chi connectivity index (χ0n) is 10.5. The minimum Gasteiger partial charge on any atom is -0.478 e. The van der Waals surface area contributed by atoms with Crippen molar-refractivity contribution in [1.82, 2.24) is 4.98 Å². The first-order chi connectivity index (χ1) is 9.38. The van der Waals surface area contributed by atoms with Gasteiger partial charge in [0, 0.05) is 18.5 Å². The molecule has 2 rings (SSSR count). The van der Waals surface area contributed by atoms with Gasteiger partial charge in [0.25, 0.3) is 0 Å². The van der Waals surface area contributed by atoms with Crippen LogP contribution in [0, 0.1) is 0 Å². The maximum absolute atomic E-state index is 11.6. The summed E-state index contributed by atoms with van der Waals surface area (Å²) in [6.07, 6.45) is 2.22. The van der Waals surface area contributed by atoms with Crippen LogP contribution >= 0.6 is 0 Å². The Balaban J connectivity index is 2.33. The molecule has 0 atom stereocenters. The molecule has 0 aliphatic heterocycles. The highest BCUT2D eigenvalue weighted by molar-refractivity contribution is 7.90. The van der Waals surface area contributed by atoms with Gasteiger partial charge in [0.05, 0.1) is 5.56 Å². The minimum atomic E-state index is -3.42. The first kappa shape index (κ1) is 14.0. The Labute approximate surface area is 115 Å². The quantitative estimate of drug-likeness (QED) is 0.926. The Morgan fingerprint density at radius 1 is 1.20 bits per heavy atom. The average Bonchev–Trinajstić information content (AvgIpc) is 2.38. The number of carboxylic acid groups (broad SMARTS) is 1. The van der Waals surface area contributed by atoms with Gasteiger partial charge in [0.15, 0.2) is 9.84 Å². The van der Waals surface area contributed by atoms with Crippen LogP contribution in [0.2, 0.25) is 0 Å². The van der Waals surface area contributed by atoms with Crippen LogP contribution in [0.5, 0.6) is 11.6 Å². The van der Waals surface area contributed by atoms with E-state index < -0.39 is 15.8 Å². The highest BCUT2D eigenvalue weighted by atomic mass is 32.2. The van der Waals surface area contributed by atoms with Crippen molar-refractivity contribution in [1.29, 1.82) is 0 Å². The zero-order valence-corrected chi connectivity index (χ0v) is 11.3. The van der Waals surface area contributed by atoms with E-state index in [2.05, 4.69) is 4.98 Å². The fraction of sp³-hybridized carbons (Fsp3) is 0.0769. The van der Waals surface area contributed by atoms with Crippen LogP contribution in [0.3, 0.4) is 0 Å². The number of sulfone groups is 1. The molecule has 20 heavy (non-hydrogen) atoms. The van der Waals surface area contributed by atoms with E-state index in [1.807, 2.05) is 0 Å². The smallest absolute Gasteiger partial charge is 0.337 e. The molecule has 1 heterocycles. The van der Waals surface area contributed by atoms with Crippen molar-refractivity contribution in [3.63, 3.8) is 0 Å². The highest BCUT2D eigenvalue weighted by Gasteiger charge is 2.14. The van der Waals surface area contributed by atoms with Crippen LogP contribution in [0.4, 0.5) is 0 Å². The first-order valence-corrected chi connectivity index (χ1v) is 7.43. The van der Waals surface area contributed by atoms with Gasteiger partial charge < -0.3 is 9.84 Å². The van der Waals surface area contributed by atoms with E-state index in [1.54, 1.807) is 12.1 Å². The Morgan fingerprint density at radius 2 is 1.90 bits per heavy atom. The molecule has 1 aromatic heterocycles. The summed E-state index contributed by atoms with van der Waals surface area (Å²) in [5.74, 6) is -0.836. The van der Waals surface area contributed by atoms with Crippen LogP contribution in [0.1, 0.15) is 10.4 Å². The second-order valence-corrected chi connectivity index (χ2v) is 6.00. The third-order valence-electron chi connectivity index (χ3n) is 2.45. The molecule has 1 N–H and O–H groups in total. The van der Waals surface area contributed by atoms with Crippen molar-refractivity contribution in [2.24, 2.45) is 0 Å². The lowest BCUT2D eigenvalue weighted by atomic mass is 10.3. The number of benzene rings is 1. The second kappa shape index (κ2) is 5.30. The molecule has 104 valence electrons. The van der Waals surface area contributed by atoms with Crippen molar-refractivity contribution in [2.75, 3.05) is 6.26 Å². The number of carbonyl (C=O) groups is 1. The normalized spacial score (nSPS) is 11.1. The number of rotatable bonds is 4. The van der Waals surface area contributed by atoms with Gasteiger partial charge in [-0.15, -0.1) is 0 Å². The molecule has 0 aliphatic rings. The lowest BCUT2D eigenvalue weighted by Crippen LogP contribution is -2.01. The summed E-state index contributed by atoms with van der Waals surface area (Å²) in [7, 11) is -3.42. The largest absolute Gasteiger partial charge is 0.478 e. The van der Waals surface area contributed by atoms with Gasteiger partial charge in [0.1, 0.15) is 10.6 Å². The fourth-order valence-electron chi connectivity index (χ4n) is 1.52. The Morgan fingerprint density at radius 3 is 2.45 bits per heavy atom. The maximum atomic E-state index is 11.6. The van der Waals surface area contributed by atoms with Crippen molar-refractivity contribution in [3.05, 3.63) is 48.2 Å². The minimum absolute atomic E-state index is 0.0220. The van der Waals surface area contributed by atoms with Crippen LogP contribution in [-0.2, 0) is 9.84 Å². The monoisotopic (exact) mass is 293 g/mol. The standard InChI is InChI=1S/C13H11NO5S/c1-20(17,18)11-5-3-2-4-10(11)19-12-7-6-9(8-14-12)13(15)16/h2-8H,1H3,(H,15,16). The number of hydrogen-bond donors (Lipinski definition) is 1. The van der Waals surface area contributed by atoms with Gasteiger partial charge in [-0.3, -0.25) is 0 Å². The lowest BCUT2D eigenvalue weighted by Gasteiger charge is -2.08. The summed E-state index contributed by atoms with van der Waals surface area (Å²) in [4.78, 5) is 14.6. The van der Waals surface area contributed by atoms with E-state index in [0.29, 0.717) is 0 Å². The molecule has 0 saturated carbocycles. The summed E-state index contributed by atoms with van der Waals surface area (Å²) >= 11 is 0. The molecule has 6 nitrogen and oxygen atoms in total. The molecule has 0 radical (unpaired) electrons. The van der Waals surface area contributed by atoms with E-state index in [4.69, 9.17) is 9.84 Å². The number of nitrogens with zero attached hydrogens (tertiary/aromatic N) is 1. The van der Waals surface area contributed by atoms with Gasteiger partial charge in [-0.2, -0.15) is 0 Å². The average molecular weight is 293 g/mol. The Hall–Kier alpha value is -2.41. The summed E-state index contributed by atoms with van der Waals surface area (Å²) < 4.78 is 28.6. The predicted octanol–water partition coefficient (Wildman–Crippen LogP) is 1.98. The SMILES string of the molecule is CS(=O)(=O)c1ccccc1Oc1ccc(C(=O)O)cn1. The lowest BCUT2D eigenvalue weighted by molar-refractivity contribution is 0.0696. The molecule has 0 saturated heterocycles. The summed E-state index contributed by atoms with van der Waals surface area (Å²) in [6.45, 7) is 0. The molecule has 0 unspecified atom stereocenters. The summed E-state index contributed by atoms with van der Waals surface area (Å²) in [5, 5.41) is 8.76. The van der Waals surface area contributed by atoms with Crippen LogP contribution in [-0.4, -0.2) is 30.7 Å².